The second-order valence-electron chi connectivity index (χ2n) is 5.13. The Morgan fingerprint density at radius 2 is 1.72 bits per heavy atom. The Kier molecular flexibility index (Phi) is 3.33. The fourth-order valence-electron chi connectivity index (χ4n) is 2.85. The van der Waals surface area contributed by atoms with Crippen LogP contribution >= 0.6 is 0 Å². The van der Waals surface area contributed by atoms with Gasteiger partial charge in [0.25, 0.3) is 0 Å². The minimum absolute atomic E-state index is 0.239. The fraction of sp³-hybridized carbons (Fsp3) is 0.533. The van der Waals surface area contributed by atoms with Crippen molar-refractivity contribution in [1.29, 1.82) is 0 Å². The molecule has 18 heavy (non-hydrogen) atoms. The Bertz CT molecular complexity index is 409. The maximum Gasteiger partial charge on any atom is 0.342 e. The molecule has 1 saturated heterocycles. The zero-order valence-electron chi connectivity index (χ0n) is 10.4. The first-order valence-electron chi connectivity index (χ1n) is 6.75. The van der Waals surface area contributed by atoms with Crippen LogP contribution in [0.3, 0.4) is 0 Å². The highest BCUT2D eigenvalue weighted by atomic mass is 16.8. The molecular weight excluding hydrogens is 228 g/mol. The van der Waals surface area contributed by atoms with Crippen LogP contribution in [0.2, 0.25) is 0 Å². The zero-order chi connectivity index (χ0) is 12.4. The second-order valence-corrected chi connectivity index (χ2v) is 5.13. The smallest absolute Gasteiger partial charge is 0.342 e. The highest BCUT2D eigenvalue weighted by molar-refractivity contribution is 5.78. The first-order chi connectivity index (χ1) is 8.84. The molecule has 0 bridgehead atoms. The molecule has 0 radical (unpaired) electrons. The van der Waals surface area contributed by atoms with Gasteiger partial charge in [0, 0.05) is 5.92 Å². The van der Waals surface area contributed by atoms with Gasteiger partial charge >= 0.3 is 5.97 Å². The van der Waals surface area contributed by atoms with Gasteiger partial charge < -0.3 is 9.47 Å². The molecule has 2 atom stereocenters. The Hall–Kier alpha value is -1.35. The predicted octanol–water partition coefficient (Wildman–Crippen LogP) is 3.21. The maximum absolute atomic E-state index is 11.9. The minimum Gasteiger partial charge on any atom is -0.433 e. The molecule has 0 aromatic heterocycles. The third-order valence-corrected chi connectivity index (χ3v) is 3.85. The Morgan fingerprint density at radius 1 is 1.00 bits per heavy atom. The summed E-state index contributed by atoms with van der Waals surface area (Å²) in [6.07, 6.45) is 5.09. The average Bonchev–Trinajstić information content (AvgIpc) is 2.83. The van der Waals surface area contributed by atoms with Gasteiger partial charge in [0.05, 0.1) is 0 Å². The molecule has 0 unspecified atom stereocenters. The Balaban J connectivity index is 1.70. The molecule has 3 heteroatoms. The van der Waals surface area contributed by atoms with Crippen LogP contribution in [0.4, 0.5) is 0 Å². The van der Waals surface area contributed by atoms with Gasteiger partial charge in [-0.25, -0.2) is 4.79 Å². The maximum atomic E-state index is 11.9. The van der Waals surface area contributed by atoms with Crippen molar-refractivity contribution in [3.63, 3.8) is 0 Å². The predicted molar refractivity (Wildman–Crippen MR) is 66.7 cm³/mol. The van der Waals surface area contributed by atoms with E-state index in [2.05, 4.69) is 0 Å². The zero-order valence-corrected chi connectivity index (χ0v) is 10.4. The van der Waals surface area contributed by atoms with Crippen molar-refractivity contribution < 1.29 is 14.3 Å². The normalized spacial score (nSPS) is 29.2. The number of carbonyl (C=O) groups excluding carboxylic acids is 1. The lowest BCUT2D eigenvalue weighted by atomic mass is 9.89. The SMILES string of the molecule is O=C1O[C@@H](C2CCCCC2)O[C@H]1c1ccccc1. The van der Waals surface area contributed by atoms with Crippen molar-refractivity contribution in [3.8, 4) is 0 Å². The summed E-state index contributed by atoms with van der Waals surface area (Å²) in [5.74, 6) is 0.146. The van der Waals surface area contributed by atoms with E-state index in [0.29, 0.717) is 5.92 Å². The van der Waals surface area contributed by atoms with E-state index in [0.717, 1.165) is 18.4 Å². The summed E-state index contributed by atoms with van der Waals surface area (Å²) in [5, 5.41) is 0. The van der Waals surface area contributed by atoms with Gasteiger partial charge in [0.1, 0.15) is 0 Å². The van der Waals surface area contributed by atoms with Gasteiger partial charge in [-0.1, -0.05) is 49.6 Å². The van der Waals surface area contributed by atoms with E-state index >= 15 is 0 Å². The van der Waals surface area contributed by atoms with Gasteiger partial charge in [0.2, 0.25) is 6.29 Å². The van der Waals surface area contributed by atoms with E-state index in [4.69, 9.17) is 9.47 Å². The number of carbonyl (C=O) groups is 1. The van der Waals surface area contributed by atoms with Crippen LogP contribution in [0.25, 0.3) is 0 Å². The summed E-state index contributed by atoms with van der Waals surface area (Å²) in [6.45, 7) is 0. The average molecular weight is 246 g/mol. The molecule has 1 aliphatic heterocycles. The van der Waals surface area contributed by atoms with Crippen molar-refractivity contribution in [2.45, 2.75) is 44.5 Å². The van der Waals surface area contributed by atoms with Crippen molar-refractivity contribution in [1.82, 2.24) is 0 Å². The van der Waals surface area contributed by atoms with Crippen LogP contribution in [0.15, 0.2) is 30.3 Å². The fourth-order valence-corrected chi connectivity index (χ4v) is 2.85. The molecule has 1 aromatic rings. The molecule has 1 aliphatic carbocycles. The van der Waals surface area contributed by atoms with Crippen LogP contribution in [-0.2, 0) is 14.3 Å². The lowest BCUT2D eigenvalue weighted by Gasteiger charge is -2.25. The quantitative estimate of drug-likeness (QED) is 0.752. The van der Waals surface area contributed by atoms with Gasteiger partial charge in [-0.2, -0.15) is 0 Å². The number of esters is 1. The molecule has 2 aliphatic rings. The summed E-state index contributed by atoms with van der Waals surface area (Å²) in [5.41, 5.74) is 0.890. The second kappa shape index (κ2) is 5.11. The third-order valence-electron chi connectivity index (χ3n) is 3.85. The van der Waals surface area contributed by atoms with Crippen LogP contribution < -0.4 is 0 Å². The molecule has 2 fully saturated rings. The van der Waals surface area contributed by atoms with E-state index < -0.39 is 6.10 Å². The first kappa shape index (κ1) is 11.7. The monoisotopic (exact) mass is 246 g/mol. The van der Waals surface area contributed by atoms with Gasteiger partial charge in [0.15, 0.2) is 6.10 Å². The summed E-state index contributed by atoms with van der Waals surface area (Å²) < 4.78 is 11.2. The first-order valence-corrected chi connectivity index (χ1v) is 6.75. The number of hydrogen-bond donors (Lipinski definition) is 0. The van der Waals surface area contributed by atoms with Crippen molar-refractivity contribution >= 4 is 5.97 Å². The third kappa shape index (κ3) is 2.27. The number of benzene rings is 1. The summed E-state index contributed by atoms with van der Waals surface area (Å²) in [4.78, 5) is 11.9. The van der Waals surface area contributed by atoms with Crippen LogP contribution in [0.1, 0.15) is 43.8 Å². The molecule has 96 valence electrons. The lowest BCUT2D eigenvalue weighted by molar-refractivity contribution is -0.149. The van der Waals surface area contributed by atoms with Crippen molar-refractivity contribution in [2.24, 2.45) is 5.92 Å². The van der Waals surface area contributed by atoms with E-state index in [9.17, 15) is 4.79 Å². The van der Waals surface area contributed by atoms with Crippen LogP contribution in [-0.4, -0.2) is 12.3 Å². The molecule has 1 aromatic carbocycles. The van der Waals surface area contributed by atoms with E-state index in [1.807, 2.05) is 30.3 Å². The number of rotatable bonds is 2. The van der Waals surface area contributed by atoms with Crippen molar-refractivity contribution in [3.05, 3.63) is 35.9 Å². The largest absolute Gasteiger partial charge is 0.433 e. The van der Waals surface area contributed by atoms with E-state index in [1.165, 1.54) is 19.3 Å². The molecule has 0 amide bonds. The van der Waals surface area contributed by atoms with Crippen LogP contribution in [0.5, 0.6) is 0 Å². The molecule has 3 rings (SSSR count). The number of ether oxygens (including phenoxy) is 2. The topological polar surface area (TPSA) is 35.5 Å². The lowest BCUT2D eigenvalue weighted by Crippen LogP contribution is -2.24. The van der Waals surface area contributed by atoms with Crippen LogP contribution in [0, 0.1) is 5.92 Å². The molecule has 3 nitrogen and oxygen atoms in total. The van der Waals surface area contributed by atoms with E-state index in [1.54, 1.807) is 0 Å². The molecule has 1 heterocycles. The highest BCUT2D eigenvalue weighted by Gasteiger charge is 2.40. The molecule has 1 saturated carbocycles. The minimum atomic E-state index is -0.530. The standard InChI is InChI=1S/C15H18O3/c16-14-13(11-7-3-1-4-8-11)17-15(18-14)12-9-5-2-6-10-12/h1,3-4,7-8,12-13,15H,2,5-6,9-10H2/t13-,15-/m0/s1. The van der Waals surface area contributed by atoms with Gasteiger partial charge in [-0.3, -0.25) is 0 Å². The summed E-state index contributed by atoms with van der Waals surface area (Å²) >= 11 is 0. The molecule has 0 N–H and O–H groups in total. The van der Waals surface area contributed by atoms with Gasteiger partial charge in [-0.05, 0) is 18.4 Å². The number of hydrogen-bond acceptors (Lipinski definition) is 3. The summed E-state index contributed by atoms with van der Waals surface area (Å²) in [7, 11) is 0. The molecular formula is C15H18O3. The summed E-state index contributed by atoms with van der Waals surface area (Å²) in [6, 6.07) is 9.59. The van der Waals surface area contributed by atoms with E-state index in [-0.39, 0.29) is 12.3 Å². The number of cyclic esters (lactones) is 1. The van der Waals surface area contributed by atoms with Crippen molar-refractivity contribution in [2.75, 3.05) is 0 Å². The highest BCUT2D eigenvalue weighted by Crippen LogP contribution is 2.36. The Morgan fingerprint density at radius 3 is 2.44 bits per heavy atom. The van der Waals surface area contributed by atoms with Gasteiger partial charge in [-0.15, -0.1) is 0 Å². The Labute approximate surface area is 107 Å². The molecule has 0 spiro atoms.